The second-order valence-corrected chi connectivity index (χ2v) is 6.83. The quantitative estimate of drug-likeness (QED) is 0.590. The van der Waals surface area contributed by atoms with Crippen molar-refractivity contribution in [2.24, 2.45) is 0 Å². The zero-order valence-corrected chi connectivity index (χ0v) is 14.6. The van der Waals surface area contributed by atoms with Crippen molar-refractivity contribution in [3.63, 3.8) is 0 Å². The summed E-state index contributed by atoms with van der Waals surface area (Å²) in [5, 5.41) is 8.11. The van der Waals surface area contributed by atoms with Gasteiger partial charge in [-0.05, 0) is 54.3 Å². The van der Waals surface area contributed by atoms with Crippen LogP contribution >= 0.6 is 27.5 Å². The van der Waals surface area contributed by atoms with Gasteiger partial charge in [0.05, 0.1) is 4.70 Å². The molecule has 0 aliphatic rings. The minimum Gasteiger partial charge on any atom is -0.369 e. The number of fused-ring (bicyclic) bond motifs is 1. The molecule has 0 fully saturated rings. The number of hydrogen-bond donors (Lipinski definition) is 2. The summed E-state index contributed by atoms with van der Waals surface area (Å²) < 4.78 is 6.83. The predicted molar refractivity (Wildman–Crippen MR) is 98.6 cm³/mol. The van der Waals surface area contributed by atoms with Crippen LogP contribution in [0.25, 0.3) is 10.1 Å². The zero-order chi connectivity index (χ0) is 15.2. The molecule has 22 heavy (non-hydrogen) atoms. The molecule has 1 heterocycles. The van der Waals surface area contributed by atoms with Gasteiger partial charge in [-0.1, -0.05) is 40.2 Å². The van der Waals surface area contributed by atoms with E-state index in [2.05, 4.69) is 79.5 Å². The third-order valence-electron chi connectivity index (χ3n) is 3.44. The molecule has 3 aromatic rings. The molecule has 0 unspecified atom stereocenters. The van der Waals surface area contributed by atoms with Gasteiger partial charge in [0.1, 0.15) is 5.82 Å². The van der Waals surface area contributed by atoms with E-state index in [1.54, 1.807) is 11.5 Å². The summed E-state index contributed by atoms with van der Waals surface area (Å²) in [7, 11) is 0. The molecular formula is C17H18BrN3S. The number of hydrogen-bond acceptors (Lipinski definition) is 4. The molecule has 0 saturated carbocycles. The first-order valence-corrected chi connectivity index (χ1v) is 8.93. The van der Waals surface area contributed by atoms with Crippen LogP contribution < -0.4 is 10.6 Å². The lowest BCUT2D eigenvalue weighted by molar-refractivity contribution is 0.663. The lowest BCUT2D eigenvalue weighted by atomic mass is 10.2. The Morgan fingerprint density at radius 3 is 2.68 bits per heavy atom. The van der Waals surface area contributed by atoms with Gasteiger partial charge < -0.3 is 10.6 Å². The summed E-state index contributed by atoms with van der Waals surface area (Å²) in [6, 6.07) is 16.8. The van der Waals surface area contributed by atoms with Gasteiger partial charge in [0.25, 0.3) is 0 Å². The van der Waals surface area contributed by atoms with E-state index in [1.165, 1.54) is 15.6 Å². The van der Waals surface area contributed by atoms with Crippen LogP contribution in [0.3, 0.4) is 0 Å². The number of benzene rings is 2. The van der Waals surface area contributed by atoms with Gasteiger partial charge in [0.2, 0.25) is 0 Å². The lowest BCUT2D eigenvalue weighted by Crippen LogP contribution is -2.17. The van der Waals surface area contributed by atoms with Crippen molar-refractivity contribution in [3.05, 3.63) is 58.6 Å². The Morgan fingerprint density at radius 1 is 1.00 bits per heavy atom. The van der Waals surface area contributed by atoms with E-state index in [0.29, 0.717) is 0 Å². The fourth-order valence-corrected chi connectivity index (χ4v) is 3.29. The fraction of sp³-hybridized carbons (Fsp3) is 0.235. The largest absolute Gasteiger partial charge is 0.369 e. The summed E-state index contributed by atoms with van der Waals surface area (Å²) >= 11 is 5.00. The average Bonchev–Trinajstić information content (AvgIpc) is 2.96. The van der Waals surface area contributed by atoms with Gasteiger partial charge >= 0.3 is 0 Å². The van der Waals surface area contributed by atoms with Crippen LogP contribution in [0, 0.1) is 0 Å². The minimum atomic E-state index is 0.910. The molecular weight excluding hydrogens is 358 g/mol. The molecule has 0 radical (unpaired) electrons. The summed E-state index contributed by atoms with van der Waals surface area (Å²) in [5.41, 5.74) is 1.31. The SMILES string of the molecule is Brc1ccc(CNCCCNc2nsc3ccccc23)cc1. The molecule has 5 heteroatoms. The molecule has 0 atom stereocenters. The highest BCUT2D eigenvalue weighted by atomic mass is 79.9. The molecule has 0 saturated heterocycles. The van der Waals surface area contributed by atoms with Crippen LogP contribution in [0.2, 0.25) is 0 Å². The third-order valence-corrected chi connectivity index (χ3v) is 4.80. The Kier molecular flexibility index (Phi) is 5.43. The van der Waals surface area contributed by atoms with Crippen LogP contribution in [0.4, 0.5) is 5.82 Å². The van der Waals surface area contributed by atoms with Crippen LogP contribution in [0.15, 0.2) is 53.0 Å². The molecule has 0 bridgehead atoms. The molecule has 0 aliphatic carbocycles. The first-order chi connectivity index (χ1) is 10.8. The van der Waals surface area contributed by atoms with E-state index in [0.717, 1.165) is 36.3 Å². The Labute approximate surface area is 143 Å². The molecule has 2 aromatic carbocycles. The van der Waals surface area contributed by atoms with E-state index in [-0.39, 0.29) is 0 Å². The van der Waals surface area contributed by atoms with Gasteiger partial charge in [-0.3, -0.25) is 0 Å². The van der Waals surface area contributed by atoms with Crippen molar-refractivity contribution in [2.75, 3.05) is 18.4 Å². The summed E-state index contributed by atoms with van der Waals surface area (Å²) in [4.78, 5) is 0. The van der Waals surface area contributed by atoms with Crippen molar-refractivity contribution >= 4 is 43.4 Å². The van der Waals surface area contributed by atoms with E-state index >= 15 is 0 Å². The van der Waals surface area contributed by atoms with E-state index < -0.39 is 0 Å². The first kappa shape index (κ1) is 15.5. The van der Waals surface area contributed by atoms with Crippen LogP contribution in [0.5, 0.6) is 0 Å². The molecule has 0 spiro atoms. The molecule has 114 valence electrons. The average molecular weight is 376 g/mol. The molecule has 3 nitrogen and oxygen atoms in total. The minimum absolute atomic E-state index is 0.910. The third kappa shape index (κ3) is 4.06. The molecule has 0 amide bonds. The number of rotatable bonds is 7. The van der Waals surface area contributed by atoms with Crippen LogP contribution in [-0.2, 0) is 6.54 Å². The maximum atomic E-state index is 4.47. The number of halogens is 1. The highest BCUT2D eigenvalue weighted by Crippen LogP contribution is 2.25. The molecule has 0 aliphatic heterocycles. The second-order valence-electron chi connectivity index (χ2n) is 5.11. The smallest absolute Gasteiger partial charge is 0.147 e. The molecule has 3 rings (SSSR count). The highest BCUT2D eigenvalue weighted by molar-refractivity contribution is 9.10. The Balaban J connectivity index is 1.38. The van der Waals surface area contributed by atoms with Crippen molar-refractivity contribution in [2.45, 2.75) is 13.0 Å². The zero-order valence-electron chi connectivity index (χ0n) is 12.2. The Bertz CT molecular complexity index is 724. The Hall–Kier alpha value is -1.43. The van der Waals surface area contributed by atoms with Crippen LogP contribution in [0.1, 0.15) is 12.0 Å². The van der Waals surface area contributed by atoms with Crippen LogP contribution in [-0.4, -0.2) is 17.5 Å². The standard InChI is InChI=1S/C17H18BrN3S/c18-14-8-6-13(7-9-14)12-19-10-3-11-20-17-15-4-1-2-5-16(15)22-21-17/h1-2,4-9,19H,3,10-12H2,(H,20,21). The van der Waals surface area contributed by atoms with Gasteiger partial charge in [-0.25, -0.2) is 0 Å². The summed E-state index contributed by atoms with van der Waals surface area (Å²) in [6.45, 7) is 2.83. The maximum Gasteiger partial charge on any atom is 0.147 e. The van der Waals surface area contributed by atoms with E-state index in [4.69, 9.17) is 0 Å². The topological polar surface area (TPSA) is 37.0 Å². The van der Waals surface area contributed by atoms with Crippen molar-refractivity contribution in [1.29, 1.82) is 0 Å². The molecule has 2 N–H and O–H groups in total. The van der Waals surface area contributed by atoms with Gasteiger partial charge in [-0.2, -0.15) is 4.37 Å². The van der Waals surface area contributed by atoms with Gasteiger partial charge in [-0.15, -0.1) is 0 Å². The number of nitrogens with zero attached hydrogens (tertiary/aromatic N) is 1. The number of aromatic nitrogens is 1. The Morgan fingerprint density at radius 2 is 1.82 bits per heavy atom. The first-order valence-electron chi connectivity index (χ1n) is 7.36. The monoisotopic (exact) mass is 375 g/mol. The lowest BCUT2D eigenvalue weighted by Gasteiger charge is -2.06. The number of anilines is 1. The fourth-order valence-electron chi connectivity index (χ4n) is 2.27. The summed E-state index contributed by atoms with van der Waals surface area (Å²) in [5.74, 6) is 1.01. The van der Waals surface area contributed by atoms with E-state index in [1.807, 2.05) is 0 Å². The van der Waals surface area contributed by atoms with Gasteiger partial charge in [0, 0.05) is 22.9 Å². The van der Waals surface area contributed by atoms with Crippen molar-refractivity contribution < 1.29 is 0 Å². The van der Waals surface area contributed by atoms with Crippen molar-refractivity contribution in [3.8, 4) is 0 Å². The van der Waals surface area contributed by atoms with Crippen molar-refractivity contribution in [1.82, 2.24) is 9.69 Å². The molecule has 1 aromatic heterocycles. The van der Waals surface area contributed by atoms with Gasteiger partial charge in [0.15, 0.2) is 0 Å². The highest BCUT2D eigenvalue weighted by Gasteiger charge is 2.03. The second kappa shape index (κ2) is 7.72. The predicted octanol–water partition coefficient (Wildman–Crippen LogP) is 4.65. The van der Waals surface area contributed by atoms with E-state index in [9.17, 15) is 0 Å². The maximum absolute atomic E-state index is 4.47. The normalized spacial score (nSPS) is 11.0. The number of nitrogens with one attached hydrogen (secondary N) is 2. The summed E-state index contributed by atoms with van der Waals surface area (Å²) in [6.07, 6.45) is 1.07.